The van der Waals surface area contributed by atoms with E-state index in [0.29, 0.717) is 0 Å². The third-order valence-electron chi connectivity index (χ3n) is 2.27. The van der Waals surface area contributed by atoms with Crippen LogP contribution in [0.25, 0.3) is 6.08 Å². The normalized spacial score (nSPS) is 12.1. The van der Waals surface area contributed by atoms with E-state index in [0.717, 1.165) is 11.3 Å². The van der Waals surface area contributed by atoms with Gasteiger partial charge in [-0.05, 0) is 30.7 Å². The molecule has 0 aliphatic carbocycles. The van der Waals surface area contributed by atoms with Crippen molar-refractivity contribution in [2.24, 2.45) is 0 Å². The van der Waals surface area contributed by atoms with E-state index in [2.05, 4.69) is 5.32 Å². The minimum atomic E-state index is -1.07. The Morgan fingerprint density at radius 3 is 2.44 bits per heavy atom. The lowest BCUT2D eigenvalue weighted by Gasteiger charge is -2.05. The summed E-state index contributed by atoms with van der Waals surface area (Å²) in [5.74, 6) is -0.780. The Kier molecular flexibility index (Phi) is 4.92. The molecule has 0 saturated heterocycles. The van der Waals surface area contributed by atoms with Gasteiger partial charge in [0, 0.05) is 6.08 Å². The fraction of sp³-hybridized carbons (Fsp3) is 0.231. The Balaban J connectivity index is 2.57. The number of carbonyl (C=O) groups is 2. The Morgan fingerprint density at radius 2 is 1.94 bits per heavy atom. The molecule has 5 nitrogen and oxygen atoms in total. The SMILES string of the molecule is COc1ccc(/C=C\C(=O)N[C@H](C)C(=O)O)cc1. The van der Waals surface area contributed by atoms with Gasteiger partial charge < -0.3 is 15.2 Å². The van der Waals surface area contributed by atoms with Gasteiger partial charge in [-0.1, -0.05) is 12.1 Å². The van der Waals surface area contributed by atoms with Crippen LogP contribution in [0.2, 0.25) is 0 Å². The maximum Gasteiger partial charge on any atom is 0.325 e. The van der Waals surface area contributed by atoms with E-state index in [4.69, 9.17) is 9.84 Å². The third kappa shape index (κ3) is 4.29. The van der Waals surface area contributed by atoms with E-state index in [1.807, 2.05) is 0 Å². The molecule has 2 N–H and O–H groups in total. The first-order valence-corrected chi connectivity index (χ1v) is 5.38. The second kappa shape index (κ2) is 6.44. The van der Waals surface area contributed by atoms with Gasteiger partial charge in [-0.3, -0.25) is 9.59 Å². The molecular formula is C13H15NO4. The maximum absolute atomic E-state index is 11.4. The molecule has 5 heteroatoms. The molecule has 1 atom stereocenters. The molecule has 1 rings (SSSR count). The summed E-state index contributed by atoms with van der Waals surface area (Å²) in [4.78, 5) is 21.9. The van der Waals surface area contributed by atoms with Crippen LogP contribution in [-0.4, -0.2) is 30.1 Å². The number of carboxylic acids is 1. The summed E-state index contributed by atoms with van der Waals surface area (Å²) in [5.41, 5.74) is 0.828. The first-order chi connectivity index (χ1) is 8.52. The highest BCUT2D eigenvalue weighted by atomic mass is 16.5. The Hall–Kier alpha value is -2.30. The molecule has 1 aromatic rings. The van der Waals surface area contributed by atoms with Crippen LogP contribution in [0.3, 0.4) is 0 Å². The van der Waals surface area contributed by atoms with Crippen molar-refractivity contribution in [2.75, 3.05) is 7.11 Å². The predicted molar refractivity (Wildman–Crippen MR) is 67.3 cm³/mol. The molecule has 0 radical (unpaired) electrons. The van der Waals surface area contributed by atoms with E-state index < -0.39 is 17.9 Å². The van der Waals surface area contributed by atoms with Gasteiger partial charge >= 0.3 is 5.97 Å². The minimum Gasteiger partial charge on any atom is -0.497 e. The number of rotatable bonds is 5. The maximum atomic E-state index is 11.4. The molecule has 0 aromatic heterocycles. The van der Waals surface area contributed by atoms with Crippen molar-refractivity contribution in [3.05, 3.63) is 35.9 Å². The zero-order valence-electron chi connectivity index (χ0n) is 10.2. The van der Waals surface area contributed by atoms with Crippen LogP contribution in [-0.2, 0) is 9.59 Å². The number of carboxylic acid groups (broad SMARTS) is 1. The van der Waals surface area contributed by atoms with Crippen molar-refractivity contribution in [1.82, 2.24) is 5.32 Å². The van der Waals surface area contributed by atoms with Crippen molar-refractivity contribution in [3.63, 3.8) is 0 Å². The van der Waals surface area contributed by atoms with Gasteiger partial charge in [-0.15, -0.1) is 0 Å². The largest absolute Gasteiger partial charge is 0.497 e. The van der Waals surface area contributed by atoms with E-state index in [1.54, 1.807) is 37.5 Å². The number of hydrogen-bond acceptors (Lipinski definition) is 3. The number of ether oxygens (including phenoxy) is 1. The summed E-state index contributed by atoms with van der Waals surface area (Å²) in [6, 6.07) is 6.24. The van der Waals surface area contributed by atoms with Gasteiger partial charge in [0.05, 0.1) is 7.11 Å². The molecule has 96 valence electrons. The van der Waals surface area contributed by atoms with Gasteiger partial charge in [0.1, 0.15) is 11.8 Å². The molecule has 0 bridgehead atoms. The average molecular weight is 249 g/mol. The lowest BCUT2D eigenvalue weighted by Crippen LogP contribution is -2.37. The second-order valence-electron chi connectivity index (χ2n) is 3.68. The molecule has 0 aliphatic heterocycles. The van der Waals surface area contributed by atoms with Crippen LogP contribution in [0.5, 0.6) is 5.75 Å². The molecular weight excluding hydrogens is 234 g/mol. The molecule has 0 saturated carbocycles. The molecule has 0 aliphatic rings. The van der Waals surface area contributed by atoms with Crippen molar-refractivity contribution in [2.45, 2.75) is 13.0 Å². The van der Waals surface area contributed by atoms with Crippen molar-refractivity contribution >= 4 is 18.0 Å². The number of methoxy groups -OCH3 is 1. The topological polar surface area (TPSA) is 75.6 Å². The summed E-state index contributed by atoms with van der Waals surface area (Å²) in [6.07, 6.45) is 2.89. The van der Waals surface area contributed by atoms with Crippen LogP contribution in [0.15, 0.2) is 30.3 Å². The lowest BCUT2D eigenvalue weighted by molar-refractivity contribution is -0.140. The third-order valence-corrected chi connectivity index (χ3v) is 2.27. The molecule has 0 spiro atoms. The fourth-order valence-corrected chi connectivity index (χ4v) is 1.21. The number of benzene rings is 1. The zero-order valence-corrected chi connectivity index (χ0v) is 10.2. The van der Waals surface area contributed by atoms with Crippen LogP contribution >= 0.6 is 0 Å². The molecule has 18 heavy (non-hydrogen) atoms. The van der Waals surface area contributed by atoms with Crippen LogP contribution in [0.1, 0.15) is 12.5 Å². The second-order valence-corrected chi connectivity index (χ2v) is 3.68. The number of aliphatic carboxylic acids is 1. The lowest BCUT2D eigenvalue weighted by atomic mass is 10.2. The molecule has 1 amide bonds. The smallest absolute Gasteiger partial charge is 0.325 e. The highest BCUT2D eigenvalue weighted by Gasteiger charge is 2.11. The quantitative estimate of drug-likeness (QED) is 0.771. The Morgan fingerprint density at radius 1 is 1.33 bits per heavy atom. The number of carbonyl (C=O) groups excluding carboxylic acids is 1. The molecule has 0 fully saturated rings. The summed E-state index contributed by atoms with van der Waals surface area (Å²) in [7, 11) is 1.57. The highest BCUT2D eigenvalue weighted by Crippen LogP contribution is 2.12. The first kappa shape index (κ1) is 13.8. The minimum absolute atomic E-state index is 0.444. The van der Waals surface area contributed by atoms with E-state index in [-0.39, 0.29) is 0 Å². The van der Waals surface area contributed by atoms with Crippen molar-refractivity contribution in [1.29, 1.82) is 0 Å². The van der Waals surface area contributed by atoms with E-state index >= 15 is 0 Å². The average Bonchev–Trinajstić information content (AvgIpc) is 2.36. The summed E-state index contributed by atoms with van der Waals surface area (Å²) >= 11 is 0. The Bertz CT molecular complexity index is 451. The van der Waals surface area contributed by atoms with E-state index in [1.165, 1.54) is 13.0 Å². The van der Waals surface area contributed by atoms with Gasteiger partial charge in [0.2, 0.25) is 5.91 Å². The molecule has 1 aromatic carbocycles. The summed E-state index contributed by atoms with van der Waals surface area (Å²) in [6.45, 7) is 1.40. The molecule has 0 unspecified atom stereocenters. The van der Waals surface area contributed by atoms with Gasteiger partial charge in [0.25, 0.3) is 0 Å². The predicted octanol–water partition coefficient (Wildman–Crippen LogP) is 1.30. The summed E-state index contributed by atoms with van der Waals surface area (Å²) in [5, 5.41) is 10.9. The zero-order chi connectivity index (χ0) is 13.5. The van der Waals surface area contributed by atoms with Crippen LogP contribution in [0.4, 0.5) is 0 Å². The van der Waals surface area contributed by atoms with E-state index in [9.17, 15) is 9.59 Å². The highest BCUT2D eigenvalue weighted by molar-refractivity contribution is 5.94. The van der Waals surface area contributed by atoms with Crippen LogP contribution in [0, 0.1) is 0 Å². The van der Waals surface area contributed by atoms with Crippen molar-refractivity contribution < 1.29 is 19.4 Å². The summed E-state index contributed by atoms with van der Waals surface area (Å²) < 4.78 is 5.01. The number of amides is 1. The van der Waals surface area contributed by atoms with Crippen molar-refractivity contribution in [3.8, 4) is 5.75 Å². The molecule has 0 heterocycles. The number of nitrogens with one attached hydrogen (secondary N) is 1. The fourth-order valence-electron chi connectivity index (χ4n) is 1.21. The monoisotopic (exact) mass is 249 g/mol. The van der Waals surface area contributed by atoms with Gasteiger partial charge in [0.15, 0.2) is 0 Å². The van der Waals surface area contributed by atoms with Gasteiger partial charge in [-0.2, -0.15) is 0 Å². The van der Waals surface area contributed by atoms with Gasteiger partial charge in [-0.25, -0.2) is 0 Å². The number of hydrogen-bond donors (Lipinski definition) is 2. The van der Waals surface area contributed by atoms with Crippen LogP contribution < -0.4 is 10.1 Å². The standard InChI is InChI=1S/C13H15NO4/c1-9(13(16)17)14-12(15)8-5-10-3-6-11(18-2)7-4-10/h3-9H,1-2H3,(H,14,15)(H,16,17)/b8-5-/t9-/m1/s1. The Labute approximate surface area is 105 Å². The first-order valence-electron chi connectivity index (χ1n) is 5.38.